The summed E-state index contributed by atoms with van der Waals surface area (Å²) in [7, 11) is 1.89. The number of likely N-dealkylation sites (N-methyl/N-ethyl adjacent to an activating group) is 1. The predicted octanol–water partition coefficient (Wildman–Crippen LogP) is 3.33. The lowest BCUT2D eigenvalue weighted by molar-refractivity contribution is 0.168. The van der Waals surface area contributed by atoms with Crippen LogP contribution in [0.15, 0.2) is 24.3 Å². The van der Waals surface area contributed by atoms with Crippen LogP contribution in [0.25, 0.3) is 0 Å². The Labute approximate surface area is 123 Å². The number of benzene rings is 1. The summed E-state index contributed by atoms with van der Waals surface area (Å²) in [4.78, 5) is 0. The summed E-state index contributed by atoms with van der Waals surface area (Å²) < 4.78 is 5.74. The molecule has 114 valence electrons. The normalized spacial score (nSPS) is 14.3. The van der Waals surface area contributed by atoms with Crippen LogP contribution in [0, 0.1) is 0 Å². The number of hydrogen-bond acceptors (Lipinski definition) is 3. The molecule has 0 aromatic heterocycles. The fraction of sp³-hybridized carbons (Fsp3) is 0.647. The first-order chi connectivity index (χ1) is 9.50. The molecule has 1 atom stereocenters. The van der Waals surface area contributed by atoms with Crippen LogP contribution in [0.4, 0.5) is 0 Å². The molecule has 1 aromatic carbocycles. The molecule has 0 radical (unpaired) electrons. The molecule has 1 unspecified atom stereocenters. The van der Waals surface area contributed by atoms with Gasteiger partial charge in [0.15, 0.2) is 0 Å². The van der Waals surface area contributed by atoms with Crippen molar-refractivity contribution in [3.05, 3.63) is 29.8 Å². The first-order valence-electron chi connectivity index (χ1n) is 7.53. The van der Waals surface area contributed by atoms with E-state index in [0.29, 0.717) is 5.92 Å². The van der Waals surface area contributed by atoms with Crippen molar-refractivity contribution in [3.8, 4) is 5.75 Å². The van der Waals surface area contributed by atoms with Crippen molar-refractivity contribution in [2.75, 3.05) is 20.3 Å². The molecule has 0 bridgehead atoms. The Morgan fingerprint density at radius 1 is 1.20 bits per heavy atom. The van der Waals surface area contributed by atoms with Crippen LogP contribution in [-0.4, -0.2) is 30.9 Å². The Morgan fingerprint density at radius 3 is 2.35 bits per heavy atom. The van der Waals surface area contributed by atoms with Crippen molar-refractivity contribution in [1.29, 1.82) is 0 Å². The highest BCUT2D eigenvalue weighted by Crippen LogP contribution is 2.19. The Kier molecular flexibility index (Phi) is 7.03. The molecule has 0 heterocycles. The molecule has 0 saturated heterocycles. The smallest absolute Gasteiger partial charge is 0.119 e. The SMILES string of the molecule is CNC(C)(CO)CCCCOc1ccc(C(C)C)cc1. The van der Waals surface area contributed by atoms with Gasteiger partial charge in [-0.05, 0) is 56.8 Å². The quantitative estimate of drug-likeness (QED) is 0.681. The molecule has 0 aliphatic carbocycles. The van der Waals surface area contributed by atoms with Gasteiger partial charge in [-0.25, -0.2) is 0 Å². The minimum atomic E-state index is -0.168. The van der Waals surface area contributed by atoms with Crippen LogP contribution in [0.3, 0.4) is 0 Å². The lowest BCUT2D eigenvalue weighted by Crippen LogP contribution is -2.43. The number of aliphatic hydroxyl groups excluding tert-OH is 1. The van der Waals surface area contributed by atoms with Gasteiger partial charge < -0.3 is 15.2 Å². The number of hydrogen-bond donors (Lipinski definition) is 2. The molecule has 2 N–H and O–H groups in total. The fourth-order valence-electron chi connectivity index (χ4n) is 2.04. The predicted molar refractivity (Wildman–Crippen MR) is 84.4 cm³/mol. The van der Waals surface area contributed by atoms with E-state index in [9.17, 15) is 5.11 Å². The largest absolute Gasteiger partial charge is 0.494 e. The van der Waals surface area contributed by atoms with Gasteiger partial charge in [0.05, 0.1) is 13.2 Å². The molecule has 0 spiro atoms. The Balaban J connectivity index is 2.24. The van der Waals surface area contributed by atoms with E-state index in [1.807, 2.05) is 26.1 Å². The maximum absolute atomic E-state index is 9.30. The van der Waals surface area contributed by atoms with Crippen molar-refractivity contribution in [1.82, 2.24) is 5.32 Å². The van der Waals surface area contributed by atoms with Crippen LogP contribution >= 0.6 is 0 Å². The lowest BCUT2D eigenvalue weighted by atomic mass is 9.96. The third-order valence-electron chi connectivity index (χ3n) is 3.89. The van der Waals surface area contributed by atoms with E-state index >= 15 is 0 Å². The third kappa shape index (κ3) is 5.51. The minimum Gasteiger partial charge on any atom is -0.494 e. The van der Waals surface area contributed by atoms with Gasteiger partial charge in [0.1, 0.15) is 5.75 Å². The Bertz CT molecular complexity index is 369. The maximum Gasteiger partial charge on any atom is 0.119 e. The molecule has 0 saturated carbocycles. The highest BCUT2D eigenvalue weighted by molar-refractivity contribution is 5.28. The summed E-state index contributed by atoms with van der Waals surface area (Å²) in [6, 6.07) is 8.34. The van der Waals surface area contributed by atoms with Gasteiger partial charge in [-0.1, -0.05) is 26.0 Å². The highest BCUT2D eigenvalue weighted by Gasteiger charge is 2.19. The van der Waals surface area contributed by atoms with Crippen molar-refractivity contribution in [3.63, 3.8) is 0 Å². The van der Waals surface area contributed by atoms with Gasteiger partial charge in [0.25, 0.3) is 0 Å². The van der Waals surface area contributed by atoms with Crippen LogP contribution < -0.4 is 10.1 Å². The lowest BCUT2D eigenvalue weighted by Gasteiger charge is -2.26. The number of unbranched alkanes of at least 4 members (excludes halogenated alkanes) is 1. The van der Waals surface area contributed by atoms with Crippen LogP contribution in [0.5, 0.6) is 5.75 Å². The summed E-state index contributed by atoms with van der Waals surface area (Å²) in [5, 5.41) is 12.5. The van der Waals surface area contributed by atoms with Gasteiger partial charge in [0.2, 0.25) is 0 Å². The van der Waals surface area contributed by atoms with Gasteiger partial charge in [-0.2, -0.15) is 0 Å². The van der Waals surface area contributed by atoms with Crippen LogP contribution in [-0.2, 0) is 0 Å². The summed E-state index contributed by atoms with van der Waals surface area (Å²) in [6.07, 6.45) is 3.00. The van der Waals surface area contributed by atoms with E-state index in [1.54, 1.807) is 0 Å². The minimum absolute atomic E-state index is 0.168. The molecular formula is C17H29NO2. The first-order valence-corrected chi connectivity index (χ1v) is 7.53. The zero-order valence-corrected chi connectivity index (χ0v) is 13.3. The standard InChI is InChI=1S/C17H29NO2/c1-14(2)15-7-9-16(10-8-15)20-12-6-5-11-17(3,13-19)18-4/h7-10,14,18-19H,5-6,11-13H2,1-4H3. The van der Waals surface area contributed by atoms with Gasteiger partial charge >= 0.3 is 0 Å². The van der Waals surface area contributed by atoms with E-state index in [1.165, 1.54) is 5.56 Å². The molecule has 0 amide bonds. The maximum atomic E-state index is 9.30. The molecular weight excluding hydrogens is 250 g/mol. The molecule has 1 rings (SSSR count). The van der Waals surface area contributed by atoms with Gasteiger partial charge in [0, 0.05) is 5.54 Å². The van der Waals surface area contributed by atoms with E-state index in [-0.39, 0.29) is 12.1 Å². The van der Waals surface area contributed by atoms with Crippen LogP contribution in [0.1, 0.15) is 51.5 Å². The Morgan fingerprint density at radius 2 is 1.85 bits per heavy atom. The molecule has 0 aliphatic heterocycles. The highest BCUT2D eigenvalue weighted by atomic mass is 16.5. The number of nitrogens with one attached hydrogen (secondary N) is 1. The zero-order valence-electron chi connectivity index (χ0n) is 13.3. The van der Waals surface area contributed by atoms with Crippen molar-refractivity contribution < 1.29 is 9.84 Å². The second-order valence-corrected chi connectivity index (χ2v) is 6.00. The topological polar surface area (TPSA) is 41.5 Å². The van der Waals surface area contributed by atoms with Crippen molar-refractivity contribution >= 4 is 0 Å². The fourth-order valence-corrected chi connectivity index (χ4v) is 2.04. The average molecular weight is 279 g/mol. The number of aliphatic hydroxyl groups is 1. The molecule has 3 heteroatoms. The summed E-state index contributed by atoms with van der Waals surface area (Å²) in [6.45, 7) is 7.32. The van der Waals surface area contributed by atoms with E-state index in [4.69, 9.17) is 4.74 Å². The number of rotatable bonds is 9. The van der Waals surface area contributed by atoms with Crippen molar-refractivity contribution in [2.24, 2.45) is 0 Å². The molecule has 20 heavy (non-hydrogen) atoms. The summed E-state index contributed by atoms with van der Waals surface area (Å²) in [5.41, 5.74) is 1.17. The number of ether oxygens (including phenoxy) is 1. The zero-order chi connectivity index (χ0) is 15.0. The van der Waals surface area contributed by atoms with E-state index < -0.39 is 0 Å². The first kappa shape index (κ1) is 17.0. The molecule has 1 aromatic rings. The van der Waals surface area contributed by atoms with E-state index in [0.717, 1.165) is 31.6 Å². The second-order valence-electron chi connectivity index (χ2n) is 6.00. The molecule has 3 nitrogen and oxygen atoms in total. The second kappa shape index (κ2) is 8.28. The monoisotopic (exact) mass is 279 g/mol. The third-order valence-corrected chi connectivity index (χ3v) is 3.89. The van der Waals surface area contributed by atoms with Crippen LogP contribution in [0.2, 0.25) is 0 Å². The van der Waals surface area contributed by atoms with Gasteiger partial charge in [-0.15, -0.1) is 0 Å². The Hall–Kier alpha value is -1.06. The summed E-state index contributed by atoms with van der Waals surface area (Å²) in [5.74, 6) is 1.50. The average Bonchev–Trinajstić information content (AvgIpc) is 2.47. The van der Waals surface area contributed by atoms with Gasteiger partial charge in [-0.3, -0.25) is 0 Å². The van der Waals surface area contributed by atoms with E-state index in [2.05, 4.69) is 31.3 Å². The van der Waals surface area contributed by atoms with Crippen molar-refractivity contribution in [2.45, 2.75) is 51.5 Å². The summed E-state index contributed by atoms with van der Waals surface area (Å²) >= 11 is 0. The molecule has 0 fully saturated rings. The molecule has 0 aliphatic rings.